The van der Waals surface area contributed by atoms with Crippen LogP contribution in [0.5, 0.6) is 5.75 Å². The van der Waals surface area contributed by atoms with Gasteiger partial charge in [-0.15, -0.1) is 0 Å². The first-order valence-electron chi connectivity index (χ1n) is 8.66. The maximum atomic E-state index is 12.6. The lowest BCUT2D eigenvalue weighted by Crippen LogP contribution is -2.50. The van der Waals surface area contributed by atoms with E-state index in [4.69, 9.17) is 22.1 Å². The minimum Gasteiger partial charge on any atom is -0.483 e. The number of likely N-dealkylation sites (tertiary alicyclic amines) is 1. The number of carbonyl (C=O) groups excluding carboxylic acids is 2. The van der Waals surface area contributed by atoms with Crippen LogP contribution in [0.2, 0.25) is 5.02 Å². The van der Waals surface area contributed by atoms with Gasteiger partial charge in [-0.25, -0.2) is 0 Å². The number of halogens is 1. The molecule has 1 heterocycles. The van der Waals surface area contributed by atoms with Gasteiger partial charge in [-0.1, -0.05) is 11.6 Å². The van der Waals surface area contributed by atoms with E-state index in [1.165, 1.54) is 0 Å². The van der Waals surface area contributed by atoms with Crippen LogP contribution in [0.4, 0.5) is 0 Å². The van der Waals surface area contributed by atoms with Crippen LogP contribution < -0.4 is 15.8 Å². The molecule has 1 aliphatic rings. The number of nitrogens with one attached hydrogen (secondary N) is 1. The lowest BCUT2D eigenvalue weighted by Gasteiger charge is -2.35. The van der Waals surface area contributed by atoms with Gasteiger partial charge in [0.2, 0.25) is 5.91 Å². The third-order valence-corrected chi connectivity index (χ3v) is 4.58. The second-order valence-electron chi connectivity index (χ2n) is 6.28. The molecule has 0 aliphatic carbocycles. The predicted molar refractivity (Wildman–Crippen MR) is 97.7 cm³/mol. The highest BCUT2D eigenvalue weighted by atomic mass is 35.5. The quantitative estimate of drug-likeness (QED) is 0.770. The summed E-state index contributed by atoms with van der Waals surface area (Å²) in [5.74, 6) is 0.517. The molecule has 0 aromatic heterocycles. The summed E-state index contributed by atoms with van der Waals surface area (Å²) in [6, 6.07) is 5.33. The summed E-state index contributed by atoms with van der Waals surface area (Å²) in [7, 11) is 0. The molecule has 25 heavy (non-hydrogen) atoms. The van der Waals surface area contributed by atoms with Gasteiger partial charge < -0.3 is 20.7 Å². The minimum atomic E-state index is -0.0755. The number of benzene rings is 1. The van der Waals surface area contributed by atoms with E-state index in [9.17, 15) is 9.59 Å². The van der Waals surface area contributed by atoms with Crippen molar-refractivity contribution in [1.82, 2.24) is 10.2 Å². The number of piperidine rings is 1. The van der Waals surface area contributed by atoms with Crippen molar-refractivity contribution in [3.63, 3.8) is 0 Å². The van der Waals surface area contributed by atoms with E-state index >= 15 is 0 Å². The van der Waals surface area contributed by atoms with E-state index in [1.54, 1.807) is 18.2 Å². The summed E-state index contributed by atoms with van der Waals surface area (Å²) >= 11 is 5.93. The Morgan fingerprint density at radius 2 is 2.20 bits per heavy atom. The molecular weight excluding hydrogens is 342 g/mol. The highest BCUT2D eigenvalue weighted by molar-refractivity contribution is 6.30. The van der Waals surface area contributed by atoms with Gasteiger partial charge in [0, 0.05) is 37.1 Å². The van der Waals surface area contributed by atoms with Crippen LogP contribution in [-0.2, 0) is 9.59 Å². The Morgan fingerprint density at radius 1 is 1.40 bits per heavy atom. The smallest absolute Gasteiger partial charge is 0.260 e. The molecular formula is C18H26ClN3O3. The van der Waals surface area contributed by atoms with Crippen molar-refractivity contribution in [3.05, 3.63) is 28.8 Å². The van der Waals surface area contributed by atoms with Crippen LogP contribution in [0.3, 0.4) is 0 Å². The van der Waals surface area contributed by atoms with E-state index in [1.807, 2.05) is 11.8 Å². The Kier molecular flexibility index (Phi) is 7.52. The Balaban J connectivity index is 1.89. The number of ether oxygens (including phenoxy) is 1. The summed E-state index contributed by atoms with van der Waals surface area (Å²) in [6.45, 7) is 3.36. The van der Waals surface area contributed by atoms with Gasteiger partial charge in [-0.2, -0.15) is 0 Å². The molecule has 2 rings (SSSR count). The first kappa shape index (κ1) is 19.5. The number of carbonyl (C=O) groups is 2. The topological polar surface area (TPSA) is 84.7 Å². The molecule has 1 unspecified atom stereocenters. The maximum Gasteiger partial charge on any atom is 0.260 e. The molecule has 1 aromatic rings. The number of hydrogen-bond donors (Lipinski definition) is 2. The zero-order valence-electron chi connectivity index (χ0n) is 14.6. The van der Waals surface area contributed by atoms with Gasteiger partial charge in [-0.3, -0.25) is 9.59 Å². The molecule has 1 atom stereocenters. The molecule has 0 saturated carbocycles. The van der Waals surface area contributed by atoms with Crippen molar-refractivity contribution in [2.24, 2.45) is 5.73 Å². The average molecular weight is 368 g/mol. The van der Waals surface area contributed by atoms with Crippen molar-refractivity contribution in [2.45, 2.75) is 38.6 Å². The minimum absolute atomic E-state index is 0.0119. The molecule has 0 spiro atoms. The van der Waals surface area contributed by atoms with Gasteiger partial charge in [0.05, 0.1) is 0 Å². The molecule has 0 radical (unpaired) electrons. The standard InChI is InChI=1S/C18H26ClN3O3/c1-13-10-14(19)5-6-16(13)25-12-18(24)22-9-3-2-4-15(22)11-21-17(23)7-8-20/h5-6,10,15H,2-4,7-9,11-12,20H2,1H3,(H,21,23). The van der Waals surface area contributed by atoms with E-state index in [0.717, 1.165) is 24.8 Å². The number of amides is 2. The van der Waals surface area contributed by atoms with E-state index < -0.39 is 0 Å². The molecule has 1 saturated heterocycles. The Morgan fingerprint density at radius 3 is 2.92 bits per heavy atom. The largest absolute Gasteiger partial charge is 0.483 e. The van der Waals surface area contributed by atoms with E-state index in [0.29, 0.717) is 36.8 Å². The Bertz CT molecular complexity index is 609. The van der Waals surface area contributed by atoms with Crippen molar-refractivity contribution < 1.29 is 14.3 Å². The van der Waals surface area contributed by atoms with Gasteiger partial charge in [-0.05, 0) is 49.9 Å². The summed E-state index contributed by atoms with van der Waals surface area (Å²) < 4.78 is 5.67. The van der Waals surface area contributed by atoms with Gasteiger partial charge >= 0.3 is 0 Å². The lowest BCUT2D eigenvalue weighted by molar-refractivity contribution is -0.137. The summed E-state index contributed by atoms with van der Waals surface area (Å²) in [5, 5.41) is 3.50. The first-order chi connectivity index (χ1) is 12.0. The van der Waals surface area contributed by atoms with Crippen molar-refractivity contribution in [2.75, 3.05) is 26.2 Å². The molecule has 7 heteroatoms. The Hall–Kier alpha value is -1.79. The van der Waals surface area contributed by atoms with Crippen LogP contribution >= 0.6 is 11.6 Å². The fourth-order valence-electron chi connectivity index (χ4n) is 2.99. The monoisotopic (exact) mass is 367 g/mol. The zero-order chi connectivity index (χ0) is 18.2. The number of hydrogen-bond acceptors (Lipinski definition) is 4. The van der Waals surface area contributed by atoms with Crippen molar-refractivity contribution in [1.29, 1.82) is 0 Å². The molecule has 2 amide bonds. The summed E-state index contributed by atoms with van der Waals surface area (Å²) in [6.07, 6.45) is 3.21. The SMILES string of the molecule is Cc1cc(Cl)ccc1OCC(=O)N1CCCCC1CNC(=O)CCN. The maximum absolute atomic E-state index is 12.6. The fraction of sp³-hybridized carbons (Fsp3) is 0.556. The number of nitrogens with two attached hydrogens (primary N) is 1. The molecule has 138 valence electrons. The molecule has 6 nitrogen and oxygen atoms in total. The highest BCUT2D eigenvalue weighted by Crippen LogP contribution is 2.22. The first-order valence-corrected chi connectivity index (χ1v) is 9.04. The Labute approximate surface area is 153 Å². The molecule has 0 bridgehead atoms. The third kappa shape index (κ3) is 5.90. The molecule has 1 fully saturated rings. The zero-order valence-corrected chi connectivity index (χ0v) is 15.3. The van der Waals surface area contributed by atoms with Crippen LogP contribution in [0.15, 0.2) is 18.2 Å². The average Bonchev–Trinajstić information content (AvgIpc) is 2.59. The number of aryl methyl sites for hydroxylation is 1. The van der Waals surface area contributed by atoms with Crippen LogP contribution in [-0.4, -0.2) is 49.0 Å². The second kappa shape index (κ2) is 9.63. The van der Waals surface area contributed by atoms with E-state index in [-0.39, 0.29) is 24.5 Å². The van der Waals surface area contributed by atoms with Crippen molar-refractivity contribution in [3.8, 4) is 5.75 Å². The fourth-order valence-corrected chi connectivity index (χ4v) is 3.22. The van der Waals surface area contributed by atoms with Crippen LogP contribution in [0.25, 0.3) is 0 Å². The van der Waals surface area contributed by atoms with Crippen molar-refractivity contribution >= 4 is 23.4 Å². The molecule has 1 aliphatic heterocycles. The third-order valence-electron chi connectivity index (χ3n) is 4.34. The lowest BCUT2D eigenvalue weighted by atomic mass is 10.0. The number of nitrogens with zero attached hydrogens (tertiary/aromatic N) is 1. The predicted octanol–water partition coefficient (Wildman–Crippen LogP) is 1.87. The van der Waals surface area contributed by atoms with Gasteiger partial charge in [0.1, 0.15) is 5.75 Å². The molecule has 3 N–H and O–H groups in total. The second-order valence-corrected chi connectivity index (χ2v) is 6.71. The normalized spacial score (nSPS) is 17.2. The van der Waals surface area contributed by atoms with E-state index in [2.05, 4.69) is 5.32 Å². The van der Waals surface area contributed by atoms with Gasteiger partial charge in [0.25, 0.3) is 5.91 Å². The van der Waals surface area contributed by atoms with Crippen LogP contribution in [0.1, 0.15) is 31.2 Å². The van der Waals surface area contributed by atoms with Crippen LogP contribution in [0, 0.1) is 6.92 Å². The summed E-state index contributed by atoms with van der Waals surface area (Å²) in [4.78, 5) is 26.0. The molecule has 1 aromatic carbocycles. The highest BCUT2D eigenvalue weighted by Gasteiger charge is 2.27. The summed E-state index contributed by atoms with van der Waals surface area (Å²) in [5.41, 5.74) is 6.27. The number of rotatable bonds is 7. The van der Waals surface area contributed by atoms with Gasteiger partial charge in [0.15, 0.2) is 6.61 Å².